The van der Waals surface area contributed by atoms with Crippen LogP contribution in [0.15, 0.2) is 53.5 Å². The van der Waals surface area contributed by atoms with Gasteiger partial charge >= 0.3 is 0 Å². The van der Waals surface area contributed by atoms with Crippen LogP contribution in [0.5, 0.6) is 5.75 Å². The van der Waals surface area contributed by atoms with Gasteiger partial charge in [0.1, 0.15) is 11.4 Å². The van der Waals surface area contributed by atoms with E-state index in [0.29, 0.717) is 5.69 Å². The maximum Gasteiger partial charge on any atom is 0.141 e. The molecule has 2 N–H and O–H groups in total. The summed E-state index contributed by atoms with van der Waals surface area (Å²) in [5.74, 6) is 0.0788. The minimum Gasteiger partial charge on any atom is -0.506 e. The summed E-state index contributed by atoms with van der Waals surface area (Å²) in [5, 5.41) is 9.80. The van der Waals surface area contributed by atoms with Crippen LogP contribution in [0, 0.1) is 0 Å². The largest absolute Gasteiger partial charge is 0.506 e. The topological polar surface area (TPSA) is 63.1 Å². The highest BCUT2D eigenvalue weighted by Gasteiger charge is 2.32. The Morgan fingerprint density at radius 3 is 2.67 bits per heavy atom. The molecule has 0 spiro atoms. The molecule has 1 aliphatic rings. The van der Waals surface area contributed by atoms with Crippen molar-refractivity contribution >= 4 is 23.2 Å². The van der Waals surface area contributed by atoms with Crippen molar-refractivity contribution in [2.75, 3.05) is 12.6 Å². The normalized spacial score (nSPS) is 15.4. The predicted octanol–water partition coefficient (Wildman–Crippen LogP) is 4.37. The predicted molar refractivity (Wildman–Crippen MR) is 95.4 cm³/mol. The second kappa shape index (κ2) is 6.47. The molecule has 1 heterocycles. The number of nitrogens with zero attached hydrogens (tertiary/aromatic N) is 1. The number of aromatic hydroxyl groups is 1. The Morgan fingerprint density at radius 2 is 1.92 bits per heavy atom. The van der Waals surface area contributed by atoms with Gasteiger partial charge in [-0.1, -0.05) is 44.2 Å². The fourth-order valence-corrected chi connectivity index (χ4v) is 2.75. The molecule has 5 nitrogen and oxygen atoms in total. The molecule has 0 saturated heterocycles. The summed E-state index contributed by atoms with van der Waals surface area (Å²) < 4.78 is 0. The third-order valence-corrected chi connectivity index (χ3v) is 4.15. The van der Waals surface area contributed by atoms with Gasteiger partial charge in [-0.25, -0.2) is 10.4 Å². The lowest BCUT2D eigenvalue weighted by Crippen LogP contribution is -2.23. The fourth-order valence-electron chi connectivity index (χ4n) is 2.75. The molecule has 0 unspecified atom stereocenters. The highest BCUT2D eigenvalue weighted by atomic mass is 17.3. The molecule has 0 fully saturated rings. The standard InChI is InChI=1S/C19H20N2O3/c1-19(2)14-6-4-5-7-15(14)20-18(19)11-9-13-8-10-17(22)16(12-13)21-24-23-3/h4-12,21-22H,1-3H3/b11-9+. The summed E-state index contributed by atoms with van der Waals surface area (Å²) in [6, 6.07) is 13.4. The van der Waals surface area contributed by atoms with Crippen molar-refractivity contribution in [3.63, 3.8) is 0 Å². The lowest BCUT2D eigenvalue weighted by molar-refractivity contribution is -0.248. The Morgan fingerprint density at radius 1 is 1.12 bits per heavy atom. The van der Waals surface area contributed by atoms with E-state index >= 15 is 0 Å². The van der Waals surface area contributed by atoms with E-state index in [2.05, 4.69) is 35.3 Å². The van der Waals surface area contributed by atoms with Gasteiger partial charge in [-0.05, 0) is 35.4 Å². The first-order valence-corrected chi connectivity index (χ1v) is 7.68. The molecule has 0 amide bonds. The zero-order chi connectivity index (χ0) is 17.2. The van der Waals surface area contributed by atoms with Crippen LogP contribution in [0.3, 0.4) is 0 Å². The smallest absolute Gasteiger partial charge is 0.141 e. The monoisotopic (exact) mass is 324 g/mol. The highest BCUT2D eigenvalue weighted by Crippen LogP contribution is 2.40. The molecule has 0 bridgehead atoms. The van der Waals surface area contributed by atoms with E-state index in [-0.39, 0.29) is 11.2 Å². The number of phenols is 1. The van der Waals surface area contributed by atoms with Crippen LogP contribution in [0.25, 0.3) is 6.08 Å². The van der Waals surface area contributed by atoms with E-state index in [4.69, 9.17) is 4.99 Å². The van der Waals surface area contributed by atoms with E-state index < -0.39 is 0 Å². The van der Waals surface area contributed by atoms with Gasteiger partial charge in [0.25, 0.3) is 0 Å². The van der Waals surface area contributed by atoms with Crippen molar-refractivity contribution in [1.29, 1.82) is 0 Å². The van der Waals surface area contributed by atoms with Crippen molar-refractivity contribution in [1.82, 2.24) is 0 Å². The van der Waals surface area contributed by atoms with Gasteiger partial charge in [0.15, 0.2) is 0 Å². The van der Waals surface area contributed by atoms with Gasteiger partial charge in [-0.15, -0.1) is 4.99 Å². The molecule has 24 heavy (non-hydrogen) atoms. The molecular weight excluding hydrogens is 304 g/mol. The second-order valence-electron chi connectivity index (χ2n) is 6.10. The minimum atomic E-state index is -0.135. The van der Waals surface area contributed by atoms with Crippen LogP contribution in [-0.2, 0) is 15.3 Å². The summed E-state index contributed by atoms with van der Waals surface area (Å²) in [7, 11) is 1.38. The van der Waals surface area contributed by atoms with Crippen LogP contribution in [-0.4, -0.2) is 17.9 Å². The van der Waals surface area contributed by atoms with E-state index in [0.717, 1.165) is 17.0 Å². The Balaban J connectivity index is 1.85. The molecule has 124 valence electrons. The second-order valence-corrected chi connectivity index (χ2v) is 6.10. The number of hydrogen-bond acceptors (Lipinski definition) is 5. The molecular formula is C19H20N2O3. The number of anilines is 1. The van der Waals surface area contributed by atoms with Crippen LogP contribution in [0.2, 0.25) is 0 Å². The quantitative estimate of drug-likeness (QED) is 0.487. The van der Waals surface area contributed by atoms with Crippen molar-refractivity contribution in [3.8, 4) is 5.75 Å². The summed E-state index contributed by atoms with van der Waals surface area (Å²) >= 11 is 0. The van der Waals surface area contributed by atoms with Gasteiger partial charge in [0.2, 0.25) is 0 Å². The first-order valence-electron chi connectivity index (χ1n) is 7.68. The fraction of sp³-hybridized carbons (Fsp3) is 0.211. The SMILES string of the molecule is COONc1cc(/C=C/C2=Nc3ccccc3C2(C)C)ccc1O. The third-order valence-electron chi connectivity index (χ3n) is 4.15. The number of para-hydroxylation sites is 1. The number of hydrogen-bond donors (Lipinski definition) is 2. The Bertz CT molecular complexity index is 810. The molecule has 0 aromatic heterocycles. The maximum absolute atomic E-state index is 9.80. The molecule has 0 saturated carbocycles. The number of rotatable bonds is 5. The number of allylic oxidation sites excluding steroid dienone is 1. The van der Waals surface area contributed by atoms with E-state index in [1.165, 1.54) is 12.7 Å². The lowest BCUT2D eigenvalue weighted by atomic mass is 9.81. The van der Waals surface area contributed by atoms with Crippen molar-refractivity contribution < 1.29 is 15.0 Å². The lowest BCUT2D eigenvalue weighted by Gasteiger charge is -2.20. The highest BCUT2D eigenvalue weighted by molar-refractivity contribution is 6.10. The zero-order valence-corrected chi connectivity index (χ0v) is 13.9. The maximum atomic E-state index is 9.80. The van der Waals surface area contributed by atoms with Crippen molar-refractivity contribution in [3.05, 3.63) is 59.7 Å². The van der Waals surface area contributed by atoms with Gasteiger partial charge in [-0.2, -0.15) is 0 Å². The Labute approximate surface area is 141 Å². The zero-order valence-electron chi connectivity index (χ0n) is 13.9. The molecule has 0 radical (unpaired) electrons. The summed E-state index contributed by atoms with van der Waals surface area (Å²) in [6.07, 6.45) is 3.97. The van der Waals surface area contributed by atoms with Gasteiger partial charge in [-0.3, -0.25) is 4.99 Å². The van der Waals surface area contributed by atoms with Crippen LogP contribution in [0.1, 0.15) is 25.0 Å². The van der Waals surface area contributed by atoms with Crippen molar-refractivity contribution in [2.45, 2.75) is 19.3 Å². The molecule has 0 atom stereocenters. The molecule has 5 heteroatoms. The van der Waals surface area contributed by atoms with Crippen molar-refractivity contribution in [2.24, 2.45) is 4.99 Å². The first-order chi connectivity index (χ1) is 11.5. The minimum absolute atomic E-state index is 0.0788. The van der Waals surface area contributed by atoms with Crippen LogP contribution < -0.4 is 5.48 Å². The number of nitrogens with one attached hydrogen (secondary N) is 1. The third kappa shape index (κ3) is 3.04. The summed E-state index contributed by atoms with van der Waals surface area (Å²) in [5.41, 5.74) is 6.97. The number of aliphatic imine (C=N–C) groups is 1. The Hall–Kier alpha value is -2.63. The van der Waals surface area contributed by atoms with Gasteiger partial charge in [0, 0.05) is 5.41 Å². The molecule has 2 aromatic carbocycles. The average Bonchev–Trinajstić information content (AvgIpc) is 2.84. The van der Waals surface area contributed by atoms with E-state index in [1.807, 2.05) is 36.4 Å². The Kier molecular flexibility index (Phi) is 4.38. The van der Waals surface area contributed by atoms with E-state index in [1.54, 1.807) is 12.1 Å². The summed E-state index contributed by atoms with van der Waals surface area (Å²) in [4.78, 5) is 13.9. The van der Waals surface area contributed by atoms with Crippen LogP contribution >= 0.6 is 0 Å². The number of benzene rings is 2. The summed E-state index contributed by atoms with van der Waals surface area (Å²) in [6.45, 7) is 4.33. The number of phenolic OH excluding ortho intramolecular Hbond substituents is 1. The van der Waals surface area contributed by atoms with Gasteiger partial charge < -0.3 is 5.11 Å². The van der Waals surface area contributed by atoms with E-state index in [9.17, 15) is 5.11 Å². The molecule has 2 aromatic rings. The average molecular weight is 324 g/mol. The molecule has 1 aliphatic heterocycles. The van der Waals surface area contributed by atoms with Gasteiger partial charge in [0.05, 0.1) is 18.5 Å². The molecule has 0 aliphatic carbocycles. The number of fused-ring (bicyclic) bond motifs is 1. The van der Waals surface area contributed by atoms with Crippen LogP contribution in [0.4, 0.5) is 11.4 Å². The molecule has 3 rings (SSSR count). The first kappa shape index (κ1) is 16.2.